The summed E-state index contributed by atoms with van der Waals surface area (Å²) in [4.78, 5) is 0. The third-order valence-electron chi connectivity index (χ3n) is 3.40. The molecule has 0 aliphatic carbocycles. The lowest BCUT2D eigenvalue weighted by atomic mass is 10.00. The zero-order valence-electron chi connectivity index (χ0n) is 10.3. The number of rotatable bonds is 4. The van der Waals surface area contributed by atoms with Crippen LogP contribution >= 0.6 is 15.9 Å². The van der Waals surface area contributed by atoms with Gasteiger partial charge in [0.25, 0.3) is 0 Å². The van der Waals surface area contributed by atoms with Gasteiger partial charge in [0.15, 0.2) is 0 Å². The molecule has 0 aromatic heterocycles. The average molecular weight is 317 g/mol. The molecular formula is C13H18BrFN2O. The maximum Gasteiger partial charge on any atom is 0.137 e. The Labute approximate surface area is 115 Å². The van der Waals surface area contributed by atoms with Gasteiger partial charge >= 0.3 is 0 Å². The summed E-state index contributed by atoms with van der Waals surface area (Å²) in [7, 11) is 0. The summed E-state index contributed by atoms with van der Waals surface area (Å²) in [5, 5.41) is 0. The fourth-order valence-corrected chi connectivity index (χ4v) is 2.80. The molecular weight excluding hydrogens is 299 g/mol. The first kappa shape index (κ1) is 13.9. The fraction of sp³-hybridized carbons (Fsp3) is 0.538. The van der Waals surface area contributed by atoms with Gasteiger partial charge in [-0.15, -0.1) is 0 Å². The predicted molar refractivity (Wildman–Crippen MR) is 72.5 cm³/mol. The lowest BCUT2D eigenvalue weighted by molar-refractivity contribution is 0.0320. The van der Waals surface area contributed by atoms with Gasteiger partial charge in [0, 0.05) is 0 Å². The molecule has 1 aromatic rings. The molecule has 0 amide bonds. The molecule has 3 N–H and O–H groups in total. The minimum Gasteiger partial charge on any atom is -0.374 e. The average Bonchev–Trinajstić information content (AvgIpc) is 2.78. The van der Waals surface area contributed by atoms with Crippen LogP contribution in [0.4, 0.5) is 4.39 Å². The fourth-order valence-electron chi connectivity index (χ4n) is 2.37. The molecule has 1 aliphatic rings. The lowest BCUT2D eigenvalue weighted by Gasteiger charge is -2.23. The van der Waals surface area contributed by atoms with Crippen molar-refractivity contribution in [2.24, 2.45) is 5.84 Å². The van der Waals surface area contributed by atoms with Crippen molar-refractivity contribution < 1.29 is 9.13 Å². The number of nitrogens with one attached hydrogen (secondary N) is 1. The number of halogens is 2. The van der Waals surface area contributed by atoms with Gasteiger partial charge in [-0.2, -0.15) is 0 Å². The van der Waals surface area contributed by atoms with E-state index in [1.807, 2.05) is 6.07 Å². The molecule has 1 saturated heterocycles. The molecule has 1 fully saturated rings. The largest absolute Gasteiger partial charge is 0.374 e. The van der Waals surface area contributed by atoms with Crippen LogP contribution in [-0.2, 0) is 11.2 Å². The third kappa shape index (κ3) is 3.09. The topological polar surface area (TPSA) is 47.3 Å². The highest BCUT2D eigenvalue weighted by molar-refractivity contribution is 9.10. The number of hydrogen-bond acceptors (Lipinski definition) is 3. The first-order valence-corrected chi connectivity index (χ1v) is 6.95. The second-order valence-electron chi connectivity index (χ2n) is 4.75. The van der Waals surface area contributed by atoms with E-state index in [0.29, 0.717) is 10.9 Å². The standard InChI is InChI=1S/C13H18BrFN2O/c1-8-5-6-12(18-8)11(17-16)7-9-3-2-4-10(15)13(9)14/h2-4,8,11-12,17H,5-7,16H2,1H3. The summed E-state index contributed by atoms with van der Waals surface area (Å²) < 4.78 is 19.8. The predicted octanol–water partition coefficient (Wildman–Crippen LogP) is 2.53. The normalized spacial score (nSPS) is 25.3. The second kappa shape index (κ2) is 6.10. The molecule has 3 unspecified atom stereocenters. The van der Waals surface area contributed by atoms with Crippen LogP contribution in [0.2, 0.25) is 0 Å². The molecule has 2 rings (SSSR count). The van der Waals surface area contributed by atoms with Crippen LogP contribution in [0.5, 0.6) is 0 Å². The minimum atomic E-state index is -0.246. The molecule has 0 radical (unpaired) electrons. The summed E-state index contributed by atoms with van der Waals surface area (Å²) in [5.41, 5.74) is 3.70. The Hall–Kier alpha value is -0.490. The summed E-state index contributed by atoms with van der Waals surface area (Å²) in [6.07, 6.45) is 3.06. The molecule has 18 heavy (non-hydrogen) atoms. The first-order chi connectivity index (χ1) is 8.61. The van der Waals surface area contributed by atoms with E-state index in [2.05, 4.69) is 28.3 Å². The molecule has 0 spiro atoms. The van der Waals surface area contributed by atoms with Crippen molar-refractivity contribution in [3.63, 3.8) is 0 Å². The first-order valence-electron chi connectivity index (χ1n) is 6.16. The highest BCUT2D eigenvalue weighted by atomic mass is 79.9. The Morgan fingerprint density at radius 1 is 1.56 bits per heavy atom. The van der Waals surface area contributed by atoms with Crippen LogP contribution in [-0.4, -0.2) is 18.2 Å². The second-order valence-corrected chi connectivity index (χ2v) is 5.55. The van der Waals surface area contributed by atoms with Crippen molar-refractivity contribution in [3.05, 3.63) is 34.1 Å². The summed E-state index contributed by atoms with van der Waals surface area (Å²) in [6.45, 7) is 2.06. The summed E-state index contributed by atoms with van der Waals surface area (Å²) in [6, 6.07) is 5.05. The number of benzene rings is 1. The van der Waals surface area contributed by atoms with E-state index in [-0.39, 0.29) is 24.1 Å². The highest BCUT2D eigenvalue weighted by Crippen LogP contribution is 2.26. The highest BCUT2D eigenvalue weighted by Gasteiger charge is 2.29. The van der Waals surface area contributed by atoms with Crippen LogP contribution in [0.3, 0.4) is 0 Å². The van der Waals surface area contributed by atoms with Gasteiger partial charge in [0.05, 0.1) is 22.7 Å². The Morgan fingerprint density at radius 3 is 2.94 bits per heavy atom. The Morgan fingerprint density at radius 2 is 2.33 bits per heavy atom. The van der Waals surface area contributed by atoms with Crippen molar-refractivity contribution in [2.45, 2.75) is 44.4 Å². The Kier molecular flexibility index (Phi) is 4.72. The van der Waals surface area contributed by atoms with E-state index < -0.39 is 0 Å². The number of hydrazine groups is 1. The van der Waals surface area contributed by atoms with E-state index in [1.165, 1.54) is 6.07 Å². The minimum absolute atomic E-state index is 0.00745. The van der Waals surface area contributed by atoms with Gasteiger partial charge in [0.1, 0.15) is 5.82 Å². The van der Waals surface area contributed by atoms with Crippen LogP contribution in [0.25, 0.3) is 0 Å². The summed E-state index contributed by atoms with van der Waals surface area (Å²) >= 11 is 3.27. The van der Waals surface area contributed by atoms with E-state index in [4.69, 9.17) is 10.6 Å². The van der Waals surface area contributed by atoms with Crippen molar-refractivity contribution in [1.82, 2.24) is 5.43 Å². The van der Waals surface area contributed by atoms with Crippen molar-refractivity contribution in [3.8, 4) is 0 Å². The zero-order chi connectivity index (χ0) is 13.1. The van der Waals surface area contributed by atoms with Gasteiger partial charge in [-0.3, -0.25) is 11.3 Å². The molecule has 100 valence electrons. The molecule has 1 heterocycles. The van der Waals surface area contributed by atoms with Crippen LogP contribution in [0.1, 0.15) is 25.3 Å². The molecule has 3 atom stereocenters. The van der Waals surface area contributed by atoms with Crippen molar-refractivity contribution in [1.29, 1.82) is 0 Å². The molecule has 1 aliphatic heterocycles. The van der Waals surface area contributed by atoms with Crippen LogP contribution < -0.4 is 11.3 Å². The van der Waals surface area contributed by atoms with Gasteiger partial charge in [0.2, 0.25) is 0 Å². The SMILES string of the molecule is CC1CCC(C(Cc2cccc(F)c2Br)NN)O1. The maximum atomic E-state index is 13.4. The monoisotopic (exact) mass is 316 g/mol. The molecule has 5 heteroatoms. The van der Waals surface area contributed by atoms with Crippen molar-refractivity contribution in [2.75, 3.05) is 0 Å². The number of hydrogen-bond donors (Lipinski definition) is 2. The van der Waals surface area contributed by atoms with Gasteiger partial charge in [-0.05, 0) is 53.7 Å². The van der Waals surface area contributed by atoms with Gasteiger partial charge < -0.3 is 4.74 Å². The molecule has 0 bridgehead atoms. The van der Waals surface area contributed by atoms with Gasteiger partial charge in [-0.1, -0.05) is 12.1 Å². The van der Waals surface area contributed by atoms with E-state index in [0.717, 1.165) is 18.4 Å². The van der Waals surface area contributed by atoms with Gasteiger partial charge in [-0.25, -0.2) is 4.39 Å². The quantitative estimate of drug-likeness (QED) is 0.663. The maximum absolute atomic E-state index is 13.4. The van der Waals surface area contributed by atoms with Crippen LogP contribution in [0.15, 0.2) is 22.7 Å². The van der Waals surface area contributed by atoms with E-state index >= 15 is 0 Å². The van der Waals surface area contributed by atoms with Crippen LogP contribution in [0, 0.1) is 5.82 Å². The smallest absolute Gasteiger partial charge is 0.137 e. The summed E-state index contributed by atoms with van der Waals surface area (Å²) in [5.74, 6) is 5.35. The lowest BCUT2D eigenvalue weighted by Crippen LogP contribution is -2.45. The number of ether oxygens (including phenoxy) is 1. The zero-order valence-corrected chi connectivity index (χ0v) is 11.9. The van der Waals surface area contributed by atoms with E-state index in [9.17, 15) is 4.39 Å². The van der Waals surface area contributed by atoms with E-state index in [1.54, 1.807) is 6.07 Å². The third-order valence-corrected chi connectivity index (χ3v) is 4.29. The molecule has 0 saturated carbocycles. The Bertz CT molecular complexity index is 416. The number of nitrogens with two attached hydrogens (primary N) is 1. The van der Waals surface area contributed by atoms with Crippen molar-refractivity contribution >= 4 is 15.9 Å². The molecule has 1 aromatic carbocycles. The molecule has 3 nitrogen and oxygen atoms in total. The Balaban J connectivity index is 2.08.